The normalized spacial score (nSPS) is 28.1. The molecule has 2 rings (SSSR count). The molecule has 0 bridgehead atoms. The number of ether oxygens (including phenoxy) is 2. The lowest BCUT2D eigenvalue weighted by molar-refractivity contribution is 0.0290. The van der Waals surface area contributed by atoms with Crippen molar-refractivity contribution in [3.05, 3.63) is 23.8 Å². The highest BCUT2D eigenvalue weighted by Gasteiger charge is 2.40. The summed E-state index contributed by atoms with van der Waals surface area (Å²) in [6.07, 6.45) is 0.712. The van der Waals surface area contributed by atoms with Crippen molar-refractivity contribution < 1.29 is 14.6 Å². The van der Waals surface area contributed by atoms with Crippen LogP contribution in [0.3, 0.4) is 0 Å². The Labute approximate surface area is 102 Å². The van der Waals surface area contributed by atoms with E-state index >= 15 is 0 Å². The number of nitrogens with one attached hydrogen (secondary N) is 1. The molecule has 1 heterocycles. The predicted molar refractivity (Wildman–Crippen MR) is 65.5 cm³/mol. The van der Waals surface area contributed by atoms with Crippen molar-refractivity contribution in [1.29, 1.82) is 0 Å². The minimum absolute atomic E-state index is 0.0422. The van der Waals surface area contributed by atoms with Crippen LogP contribution in [-0.4, -0.2) is 31.9 Å². The molecule has 94 valence electrons. The van der Waals surface area contributed by atoms with E-state index in [0.29, 0.717) is 17.9 Å². The lowest BCUT2D eigenvalue weighted by Crippen LogP contribution is -2.37. The third kappa shape index (κ3) is 1.98. The second-order valence-electron chi connectivity index (χ2n) is 4.42. The zero-order valence-electron chi connectivity index (χ0n) is 10.5. The van der Waals surface area contributed by atoms with Crippen molar-refractivity contribution in [2.45, 2.75) is 25.0 Å². The first-order valence-electron chi connectivity index (χ1n) is 5.80. The fourth-order valence-corrected chi connectivity index (χ4v) is 2.36. The predicted octanol–water partition coefficient (Wildman–Crippen LogP) is 1.27. The fraction of sp³-hybridized carbons (Fsp3) is 0.538. The first-order valence-corrected chi connectivity index (χ1v) is 5.80. The van der Waals surface area contributed by atoms with Crippen LogP contribution in [0, 0.1) is 0 Å². The van der Waals surface area contributed by atoms with Crippen LogP contribution >= 0.6 is 0 Å². The highest BCUT2D eigenvalue weighted by Crippen LogP contribution is 2.37. The van der Waals surface area contributed by atoms with Crippen LogP contribution in [-0.2, 0) is 5.60 Å². The van der Waals surface area contributed by atoms with E-state index < -0.39 is 5.60 Å². The fourth-order valence-electron chi connectivity index (χ4n) is 2.36. The second kappa shape index (κ2) is 4.55. The van der Waals surface area contributed by atoms with Crippen LogP contribution in [0.4, 0.5) is 0 Å². The summed E-state index contributed by atoms with van der Waals surface area (Å²) in [6.45, 7) is 2.82. The molecule has 2 unspecified atom stereocenters. The SMILES string of the molecule is COc1ccc(C2(O)CCNC2C)cc1OC. The number of benzene rings is 1. The molecule has 4 heteroatoms. The van der Waals surface area contributed by atoms with Gasteiger partial charge in [-0.1, -0.05) is 6.07 Å². The van der Waals surface area contributed by atoms with Gasteiger partial charge < -0.3 is 19.9 Å². The zero-order valence-corrected chi connectivity index (χ0v) is 10.5. The molecule has 1 fully saturated rings. The molecule has 1 saturated heterocycles. The summed E-state index contributed by atoms with van der Waals surface area (Å²) in [6, 6.07) is 5.62. The van der Waals surface area contributed by atoms with Gasteiger partial charge in [0.15, 0.2) is 11.5 Å². The van der Waals surface area contributed by atoms with Gasteiger partial charge in [0.05, 0.1) is 14.2 Å². The highest BCUT2D eigenvalue weighted by molar-refractivity contribution is 5.45. The minimum atomic E-state index is -0.820. The van der Waals surface area contributed by atoms with E-state index in [4.69, 9.17) is 9.47 Å². The van der Waals surface area contributed by atoms with Crippen LogP contribution < -0.4 is 14.8 Å². The lowest BCUT2D eigenvalue weighted by Gasteiger charge is -2.28. The average Bonchev–Trinajstić information content (AvgIpc) is 2.70. The van der Waals surface area contributed by atoms with Gasteiger partial charge in [-0.25, -0.2) is 0 Å². The van der Waals surface area contributed by atoms with E-state index in [9.17, 15) is 5.11 Å². The third-order valence-electron chi connectivity index (χ3n) is 3.56. The van der Waals surface area contributed by atoms with E-state index in [2.05, 4.69) is 5.32 Å². The number of hydrogen-bond acceptors (Lipinski definition) is 4. The topological polar surface area (TPSA) is 50.7 Å². The molecule has 0 spiro atoms. The largest absolute Gasteiger partial charge is 0.493 e. The average molecular weight is 237 g/mol. The van der Waals surface area contributed by atoms with E-state index in [1.54, 1.807) is 14.2 Å². The van der Waals surface area contributed by atoms with Gasteiger partial charge in [0, 0.05) is 6.04 Å². The van der Waals surface area contributed by atoms with Gasteiger partial charge in [0.2, 0.25) is 0 Å². The van der Waals surface area contributed by atoms with Crippen LogP contribution in [0.2, 0.25) is 0 Å². The molecular weight excluding hydrogens is 218 g/mol. The van der Waals surface area contributed by atoms with E-state index in [1.807, 2.05) is 25.1 Å². The monoisotopic (exact) mass is 237 g/mol. The Morgan fingerprint density at radius 3 is 2.53 bits per heavy atom. The summed E-state index contributed by atoms with van der Waals surface area (Å²) in [5.74, 6) is 1.33. The summed E-state index contributed by atoms with van der Waals surface area (Å²) in [7, 11) is 3.20. The maximum absolute atomic E-state index is 10.7. The lowest BCUT2D eigenvalue weighted by atomic mass is 9.87. The molecule has 1 aliphatic heterocycles. The molecule has 1 aromatic carbocycles. The van der Waals surface area contributed by atoms with Gasteiger partial charge >= 0.3 is 0 Å². The molecule has 0 aliphatic carbocycles. The molecule has 17 heavy (non-hydrogen) atoms. The smallest absolute Gasteiger partial charge is 0.161 e. The van der Waals surface area contributed by atoms with Gasteiger partial charge in [-0.05, 0) is 37.6 Å². The molecular formula is C13H19NO3. The molecule has 1 aromatic rings. The maximum atomic E-state index is 10.7. The summed E-state index contributed by atoms with van der Waals surface area (Å²) < 4.78 is 10.5. The Kier molecular flexibility index (Phi) is 3.26. The van der Waals surface area contributed by atoms with Gasteiger partial charge in [0.1, 0.15) is 5.60 Å². The van der Waals surface area contributed by atoms with Gasteiger partial charge in [-0.2, -0.15) is 0 Å². The minimum Gasteiger partial charge on any atom is -0.493 e. The van der Waals surface area contributed by atoms with Gasteiger partial charge in [-0.15, -0.1) is 0 Å². The maximum Gasteiger partial charge on any atom is 0.161 e. The molecule has 0 amide bonds. The second-order valence-corrected chi connectivity index (χ2v) is 4.42. The molecule has 4 nitrogen and oxygen atoms in total. The van der Waals surface area contributed by atoms with Crippen molar-refractivity contribution in [1.82, 2.24) is 5.32 Å². The molecule has 2 atom stereocenters. The van der Waals surface area contributed by atoms with Gasteiger partial charge in [0.25, 0.3) is 0 Å². The molecule has 0 aromatic heterocycles. The molecule has 1 aliphatic rings. The Hall–Kier alpha value is -1.26. The summed E-state index contributed by atoms with van der Waals surface area (Å²) in [5, 5.41) is 13.9. The number of hydrogen-bond donors (Lipinski definition) is 2. The van der Waals surface area contributed by atoms with Crippen molar-refractivity contribution in [2.75, 3.05) is 20.8 Å². The van der Waals surface area contributed by atoms with Crippen molar-refractivity contribution in [3.8, 4) is 11.5 Å². The number of rotatable bonds is 3. The quantitative estimate of drug-likeness (QED) is 0.831. The van der Waals surface area contributed by atoms with Crippen LogP contribution in [0.25, 0.3) is 0 Å². The molecule has 0 saturated carbocycles. The summed E-state index contributed by atoms with van der Waals surface area (Å²) in [5.41, 5.74) is 0.0483. The highest BCUT2D eigenvalue weighted by atomic mass is 16.5. The Balaban J connectivity index is 2.39. The van der Waals surface area contributed by atoms with Crippen LogP contribution in [0.15, 0.2) is 18.2 Å². The third-order valence-corrected chi connectivity index (χ3v) is 3.56. The van der Waals surface area contributed by atoms with E-state index in [0.717, 1.165) is 12.1 Å². The van der Waals surface area contributed by atoms with Crippen molar-refractivity contribution in [2.24, 2.45) is 0 Å². The first kappa shape index (κ1) is 12.2. The van der Waals surface area contributed by atoms with Gasteiger partial charge in [-0.3, -0.25) is 0 Å². The number of aliphatic hydroxyl groups is 1. The van der Waals surface area contributed by atoms with Crippen LogP contribution in [0.1, 0.15) is 18.9 Å². The Bertz CT molecular complexity index is 408. The summed E-state index contributed by atoms with van der Waals surface area (Å²) >= 11 is 0. The molecule has 0 radical (unpaired) electrons. The zero-order chi connectivity index (χ0) is 12.5. The Morgan fingerprint density at radius 1 is 1.29 bits per heavy atom. The van der Waals surface area contributed by atoms with E-state index in [1.165, 1.54) is 0 Å². The van der Waals surface area contributed by atoms with Crippen molar-refractivity contribution >= 4 is 0 Å². The van der Waals surface area contributed by atoms with Crippen LogP contribution in [0.5, 0.6) is 11.5 Å². The standard InChI is InChI=1S/C13H19NO3/c1-9-13(15,6-7-14-9)10-4-5-11(16-2)12(8-10)17-3/h4-5,8-9,14-15H,6-7H2,1-3H3. The summed E-state index contributed by atoms with van der Waals surface area (Å²) in [4.78, 5) is 0. The first-order chi connectivity index (χ1) is 8.11. The Morgan fingerprint density at radius 2 is 2.00 bits per heavy atom. The van der Waals surface area contributed by atoms with E-state index in [-0.39, 0.29) is 6.04 Å². The number of methoxy groups -OCH3 is 2. The molecule has 2 N–H and O–H groups in total. The van der Waals surface area contributed by atoms with Crippen molar-refractivity contribution in [3.63, 3.8) is 0 Å².